The maximum absolute atomic E-state index is 13.6. The average Bonchev–Trinajstić information content (AvgIpc) is 2.64. The quantitative estimate of drug-likeness (QED) is 0.702. The minimum atomic E-state index is -0.480. The monoisotopic (exact) mass is 387 g/mol. The van der Waals surface area contributed by atoms with Gasteiger partial charge in [-0.2, -0.15) is 4.98 Å². The first-order valence-electron chi connectivity index (χ1n) is 8.31. The van der Waals surface area contributed by atoms with E-state index in [0.29, 0.717) is 23.1 Å². The van der Waals surface area contributed by atoms with Gasteiger partial charge in [-0.3, -0.25) is 4.79 Å². The standard InChI is InChI=1S/C20H19ClFN3O2/c1-12-9-14(7-8-16(12)22)10-25-11-18(27-3)19(26)24-20(25)23-17-6-4-5-15(21)13(17)2/h4-9,11H,10H2,1-3H3,(H,23,24,26). The number of hydrogen-bond donors (Lipinski definition) is 1. The molecule has 0 atom stereocenters. The summed E-state index contributed by atoms with van der Waals surface area (Å²) in [6.45, 7) is 3.96. The molecule has 27 heavy (non-hydrogen) atoms. The molecule has 0 bridgehead atoms. The Morgan fingerprint density at radius 2 is 2.04 bits per heavy atom. The Bertz CT molecular complexity index is 1050. The summed E-state index contributed by atoms with van der Waals surface area (Å²) in [7, 11) is 1.42. The number of rotatable bonds is 5. The smallest absolute Gasteiger partial charge is 0.316 e. The van der Waals surface area contributed by atoms with E-state index >= 15 is 0 Å². The fourth-order valence-electron chi connectivity index (χ4n) is 2.70. The predicted octanol–water partition coefficient (Wildman–Crippen LogP) is 4.45. The van der Waals surface area contributed by atoms with Crippen LogP contribution in [-0.2, 0) is 6.54 Å². The highest BCUT2D eigenvalue weighted by atomic mass is 35.5. The van der Waals surface area contributed by atoms with Crippen molar-refractivity contribution in [1.29, 1.82) is 0 Å². The molecule has 0 spiro atoms. The molecule has 1 N–H and O–H groups in total. The molecular weight excluding hydrogens is 369 g/mol. The predicted molar refractivity (Wildman–Crippen MR) is 105 cm³/mol. The van der Waals surface area contributed by atoms with Gasteiger partial charge in [0.2, 0.25) is 11.7 Å². The van der Waals surface area contributed by atoms with Crippen molar-refractivity contribution in [3.05, 3.63) is 80.5 Å². The first kappa shape index (κ1) is 18.9. The summed E-state index contributed by atoms with van der Waals surface area (Å²) in [6.07, 6.45) is 1.58. The number of hydrogen-bond acceptors (Lipinski definition) is 4. The molecule has 1 aromatic heterocycles. The van der Waals surface area contributed by atoms with E-state index in [1.165, 1.54) is 13.2 Å². The van der Waals surface area contributed by atoms with Crippen molar-refractivity contribution in [1.82, 2.24) is 9.55 Å². The highest BCUT2D eigenvalue weighted by Crippen LogP contribution is 2.26. The van der Waals surface area contributed by atoms with Crippen LogP contribution in [0.4, 0.5) is 16.0 Å². The van der Waals surface area contributed by atoms with Gasteiger partial charge in [0.15, 0.2) is 0 Å². The Labute approximate surface area is 161 Å². The number of nitrogens with zero attached hydrogens (tertiary/aromatic N) is 2. The van der Waals surface area contributed by atoms with Crippen LogP contribution in [0, 0.1) is 19.7 Å². The molecule has 0 aliphatic carbocycles. The molecule has 5 nitrogen and oxygen atoms in total. The average molecular weight is 388 g/mol. The molecular formula is C20H19ClFN3O2. The lowest BCUT2D eigenvalue weighted by atomic mass is 10.1. The highest BCUT2D eigenvalue weighted by molar-refractivity contribution is 6.31. The minimum Gasteiger partial charge on any atom is -0.490 e. The second-order valence-corrected chi connectivity index (χ2v) is 6.59. The lowest BCUT2D eigenvalue weighted by Gasteiger charge is -2.17. The molecule has 2 aromatic carbocycles. The van der Waals surface area contributed by atoms with Crippen LogP contribution in [0.15, 0.2) is 47.4 Å². The van der Waals surface area contributed by atoms with Crippen LogP contribution in [0.25, 0.3) is 0 Å². The van der Waals surface area contributed by atoms with E-state index in [2.05, 4.69) is 10.3 Å². The number of methoxy groups -OCH3 is 1. The number of aryl methyl sites for hydroxylation is 1. The Morgan fingerprint density at radius 1 is 1.26 bits per heavy atom. The van der Waals surface area contributed by atoms with Gasteiger partial charge in [0.1, 0.15) is 5.82 Å². The number of ether oxygens (including phenoxy) is 1. The largest absolute Gasteiger partial charge is 0.490 e. The van der Waals surface area contributed by atoms with Gasteiger partial charge in [0.25, 0.3) is 0 Å². The van der Waals surface area contributed by atoms with Gasteiger partial charge in [-0.05, 0) is 48.7 Å². The fraction of sp³-hybridized carbons (Fsp3) is 0.200. The summed E-state index contributed by atoms with van der Waals surface area (Å²) in [5.41, 5.74) is 2.52. The van der Waals surface area contributed by atoms with Gasteiger partial charge in [-0.25, -0.2) is 4.39 Å². The Kier molecular flexibility index (Phi) is 5.46. The number of anilines is 2. The second kappa shape index (κ2) is 7.80. The van der Waals surface area contributed by atoms with E-state index in [4.69, 9.17) is 16.3 Å². The number of halogens is 2. The molecule has 0 aliphatic rings. The molecule has 0 amide bonds. The first-order chi connectivity index (χ1) is 12.9. The van der Waals surface area contributed by atoms with E-state index in [1.807, 2.05) is 19.1 Å². The lowest BCUT2D eigenvalue weighted by Crippen LogP contribution is -2.19. The van der Waals surface area contributed by atoms with Crippen molar-refractivity contribution < 1.29 is 9.13 Å². The maximum atomic E-state index is 13.6. The molecule has 0 aliphatic heterocycles. The van der Waals surface area contributed by atoms with Crippen LogP contribution in [0.2, 0.25) is 5.02 Å². The van der Waals surface area contributed by atoms with Crippen LogP contribution in [0.5, 0.6) is 5.75 Å². The number of aromatic nitrogens is 2. The topological polar surface area (TPSA) is 56.1 Å². The Balaban J connectivity index is 2.04. The number of nitrogens with one attached hydrogen (secondary N) is 1. The highest BCUT2D eigenvalue weighted by Gasteiger charge is 2.12. The third kappa shape index (κ3) is 4.11. The van der Waals surface area contributed by atoms with Gasteiger partial charge in [-0.1, -0.05) is 29.8 Å². The molecule has 3 rings (SSSR count). The summed E-state index contributed by atoms with van der Waals surface area (Å²) in [5.74, 6) is 0.206. The van der Waals surface area contributed by atoms with Gasteiger partial charge in [0, 0.05) is 10.7 Å². The third-order valence-electron chi connectivity index (χ3n) is 4.27. The van der Waals surface area contributed by atoms with Crippen LogP contribution < -0.4 is 15.6 Å². The van der Waals surface area contributed by atoms with E-state index < -0.39 is 5.56 Å². The zero-order valence-electron chi connectivity index (χ0n) is 15.2. The van der Waals surface area contributed by atoms with E-state index in [1.54, 1.807) is 35.9 Å². The van der Waals surface area contributed by atoms with Crippen molar-refractivity contribution in [2.75, 3.05) is 12.4 Å². The summed E-state index contributed by atoms with van der Waals surface area (Å²) in [5, 5.41) is 3.77. The summed E-state index contributed by atoms with van der Waals surface area (Å²) in [6, 6.07) is 10.3. The normalized spacial score (nSPS) is 10.7. The zero-order chi connectivity index (χ0) is 19.6. The van der Waals surface area contributed by atoms with Crippen LogP contribution in [0.1, 0.15) is 16.7 Å². The number of benzene rings is 2. The lowest BCUT2D eigenvalue weighted by molar-refractivity contribution is 0.402. The van der Waals surface area contributed by atoms with E-state index in [9.17, 15) is 9.18 Å². The zero-order valence-corrected chi connectivity index (χ0v) is 16.0. The maximum Gasteiger partial charge on any atom is 0.316 e. The van der Waals surface area contributed by atoms with Gasteiger partial charge >= 0.3 is 5.56 Å². The second-order valence-electron chi connectivity index (χ2n) is 6.19. The van der Waals surface area contributed by atoms with Crippen molar-refractivity contribution in [2.45, 2.75) is 20.4 Å². The molecule has 0 saturated heterocycles. The van der Waals surface area contributed by atoms with Crippen molar-refractivity contribution in [3.8, 4) is 5.75 Å². The molecule has 140 valence electrons. The summed E-state index contributed by atoms with van der Waals surface area (Å²) in [4.78, 5) is 16.3. The SMILES string of the molecule is COc1cn(Cc2ccc(F)c(C)c2)c(Nc2cccc(Cl)c2C)nc1=O. The molecule has 1 heterocycles. The van der Waals surface area contributed by atoms with Crippen molar-refractivity contribution in [2.24, 2.45) is 0 Å². The van der Waals surface area contributed by atoms with E-state index in [0.717, 1.165) is 16.8 Å². The van der Waals surface area contributed by atoms with Gasteiger partial charge in [0.05, 0.1) is 19.9 Å². The molecule has 0 fully saturated rings. The van der Waals surface area contributed by atoms with Crippen LogP contribution in [0.3, 0.4) is 0 Å². The van der Waals surface area contributed by atoms with Crippen molar-refractivity contribution >= 4 is 23.2 Å². The van der Waals surface area contributed by atoms with E-state index in [-0.39, 0.29) is 11.6 Å². The molecule has 0 unspecified atom stereocenters. The van der Waals surface area contributed by atoms with Gasteiger partial charge < -0.3 is 14.6 Å². The summed E-state index contributed by atoms with van der Waals surface area (Å²) < 4.78 is 20.4. The summed E-state index contributed by atoms with van der Waals surface area (Å²) >= 11 is 6.18. The fourth-order valence-corrected chi connectivity index (χ4v) is 2.87. The molecule has 0 radical (unpaired) electrons. The first-order valence-corrected chi connectivity index (χ1v) is 8.69. The Morgan fingerprint density at radius 3 is 2.74 bits per heavy atom. The molecule has 3 aromatic rings. The van der Waals surface area contributed by atoms with Crippen LogP contribution >= 0.6 is 11.6 Å². The third-order valence-corrected chi connectivity index (χ3v) is 4.68. The molecule has 0 saturated carbocycles. The minimum absolute atomic E-state index is 0.127. The van der Waals surface area contributed by atoms with Gasteiger partial charge in [-0.15, -0.1) is 0 Å². The van der Waals surface area contributed by atoms with Crippen LogP contribution in [-0.4, -0.2) is 16.7 Å². The van der Waals surface area contributed by atoms with Crippen molar-refractivity contribution in [3.63, 3.8) is 0 Å². The Hall–Kier alpha value is -2.86. The molecule has 7 heteroatoms.